The summed E-state index contributed by atoms with van der Waals surface area (Å²) in [6, 6.07) is 16.9. The van der Waals surface area contributed by atoms with Gasteiger partial charge in [-0.3, -0.25) is 9.59 Å². The van der Waals surface area contributed by atoms with Crippen LogP contribution < -0.4 is 5.32 Å². The Labute approximate surface area is 200 Å². The number of fused-ring (bicyclic) bond motifs is 1. The van der Waals surface area contributed by atoms with Gasteiger partial charge in [-0.25, -0.2) is 4.79 Å². The third-order valence-corrected chi connectivity index (χ3v) is 8.63. The molecule has 32 heavy (non-hydrogen) atoms. The molecule has 2 unspecified atom stereocenters. The molecule has 2 heterocycles. The number of halogens is 2. The lowest BCUT2D eigenvalue weighted by Gasteiger charge is -2.44. The fourth-order valence-corrected chi connectivity index (χ4v) is 6.52. The highest BCUT2D eigenvalue weighted by atomic mass is 35.5. The van der Waals surface area contributed by atoms with E-state index in [1.807, 2.05) is 60.7 Å². The van der Waals surface area contributed by atoms with E-state index in [0.717, 1.165) is 11.1 Å². The SMILES string of the molecule is O=C(Cc1ccccc1)NC1C(=O)N2C(C(=O)OCc3ccccc3)C(CCl)(CCl)S[C@H]12. The molecule has 2 aliphatic heterocycles. The number of hydrogen-bond acceptors (Lipinski definition) is 5. The second-order valence-electron chi connectivity index (χ2n) is 7.79. The molecule has 9 heteroatoms. The predicted molar refractivity (Wildman–Crippen MR) is 124 cm³/mol. The van der Waals surface area contributed by atoms with E-state index in [9.17, 15) is 14.4 Å². The number of nitrogens with one attached hydrogen (secondary N) is 1. The number of β-lactam (4-membered cyclic amide) rings is 1. The van der Waals surface area contributed by atoms with Crippen LogP contribution in [0.4, 0.5) is 0 Å². The molecule has 2 aliphatic rings. The average molecular weight is 493 g/mol. The molecule has 0 aromatic heterocycles. The molecule has 2 fully saturated rings. The standard InChI is InChI=1S/C23H22Cl2N2O4S/c24-13-23(14-25)19(22(30)31-12-16-9-5-2-6-10-16)27-20(29)18(21(27)32-23)26-17(28)11-15-7-3-1-4-8-15/h1-10,18-19,21H,11-14H2,(H,26,28)/t18?,19?,21-/m1/s1. The van der Waals surface area contributed by atoms with Crippen LogP contribution in [0.25, 0.3) is 0 Å². The van der Waals surface area contributed by atoms with Gasteiger partial charge in [-0.2, -0.15) is 0 Å². The van der Waals surface area contributed by atoms with Gasteiger partial charge in [-0.05, 0) is 11.1 Å². The van der Waals surface area contributed by atoms with E-state index in [4.69, 9.17) is 27.9 Å². The van der Waals surface area contributed by atoms with Crippen molar-refractivity contribution in [1.82, 2.24) is 10.2 Å². The highest BCUT2D eigenvalue weighted by Gasteiger charge is 2.67. The molecule has 6 nitrogen and oxygen atoms in total. The molecule has 4 rings (SSSR count). The summed E-state index contributed by atoms with van der Waals surface area (Å²) in [5.74, 6) is -1.00. The third kappa shape index (κ3) is 4.34. The summed E-state index contributed by atoms with van der Waals surface area (Å²) >= 11 is 13.9. The summed E-state index contributed by atoms with van der Waals surface area (Å²) in [6.45, 7) is 0.0887. The molecule has 168 valence electrons. The lowest BCUT2D eigenvalue weighted by atomic mass is 9.95. The molecule has 1 N–H and O–H groups in total. The Morgan fingerprint density at radius 3 is 2.19 bits per heavy atom. The molecular formula is C23H22Cl2N2O4S. The first-order chi connectivity index (χ1) is 15.5. The van der Waals surface area contributed by atoms with Gasteiger partial charge in [-0.15, -0.1) is 35.0 Å². The van der Waals surface area contributed by atoms with Crippen LogP contribution >= 0.6 is 35.0 Å². The number of carbonyl (C=O) groups is 3. The van der Waals surface area contributed by atoms with Crippen LogP contribution in [-0.4, -0.2) is 56.6 Å². The Bertz CT molecular complexity index is 988. The summed E-state index contributed by atoms with van der Waals surface area (Å²) in [4.78, 5) is 39.9. The topological polar surface area (TPSA) is 75.7 Å². The first-order valence-corrected chi connectivity index (χ1v) is 12.1. The maximum atomic E-state index is 13.0. The zero-order valence-electron chi connectivity index (χ0n) is 17.1. The fourth-order valence-electron chi connectivity index (χ4n) is 3.96. The molecule has 2 amide bonds. The molecule has 2 aromatic rings. The van der Waals surface area contributed by atoms with Crippen molar-refractivity contribution < 1.29 is 19.1 Å². The van der Waals surface area contributed by atoms with Gasteiger partial charge in [0.15, 0.2) is 0 Å². The van der Waals surface area contributed by atoms with Crippen molar-refractivity contribution in [2.75, 3.05) is 11.8 Å². The van der Waals surface area contributed by atoms with Crippen molar-refractivity contribution in [3.63, 3.8) is 0 Å². The predicted octanol–water partition coefficient (Wildman–Crippen LogP) is 2.96. The lowest BCUT2D eigenvalue weighted by molar-refractivity contribution is -0.165. The van der Waals surface area contributed by atoms with Crippen LogP contribution in [0.5, 0.6) is 0 Å². The van der Waals surface area contributed by atoms with Gasteiger partial charge < -0.3 is 15.0 Å². The van der Waals surface area contributed by atoms with Gasteiger partial charge in [0.25, 0.3) is 0 Å². The Balaban J connectivity index is 1.45. The summed E-state index contributed by atoms with van der Waals surface area (Å²) < 4.78 is 4.62. The van der Waals surface area contributed by atoms with Gasteiger partial charge in [0.05, 0.1) is 11.2 Å². The van der Waals surface area contributed by atoms with Crippen LogP contribution in [0.1, 0.15) is 11.1 Å². The largest absolute Gasteiger partial charge is 0.459 e. The number of hydrogen-bond donors (Lipinski definition) is 1. The lowest BCUT2D eigenvalue weighted by Crippen LogP contribution is -2.71. The Kier molecular flexibility index (Phi) is 6.98. The summed E-state index contributed by atoms with van der Waals surface area (Å²) in [5, 5.41) is 2.38. The Hall–Kier alpha value is -2.22. The molecule has 0 aliphatic carbocycles. The maximum Gasteiger partial charge on any atom is 0.330 e. The van der Waals surface area contributed by atoms with Crippen LogP contribution in [0.2, 0.25) is 0 Å². The number of amides is 2. The Morgan fingerprint density at radius 1 is 1.00 bits per heavy atom. The van der Waals surface area contributed by atoms with Crippen molar-refractivity contribution in [3.8, 4) is 0 Å². The number of rotatable bonds is 8. The van der Waals surface area contributed by atoms with Crippen molar-refractivity contribution >= 4 is 52.7 Å². The minimum atomic E-state index is -0.911. The minimum Gasteiger partial charge on any atom is -0.459 e. The quantitative estimate of drug-likeness (QED) is 0.348. The molecule has 0 radical (unpaired) electrons. The first-order valence-electron chi connectivity index (χ1n) is 10.1. The normalized spacial score (nSPS) is 23.2. The highest BCUT2D eigenvalue weighted by molar-refractivity contribution is 8.02. The molecule has 0 spiro atoms. The van der Waals surface area contributed by atoms with Gasteiger partial charge >= 0.3 is 5.97 Å². The smallest absolute Gasteiger partial charge is 0.330 e. The van der Waals surface area contributed by atoms with Crippen LogP contribution in [-0.2, 0) is 32.1 Å². The summed E-state index contributed by atoms with van der Waals surface area (Å²) in [7, 11) is 0. The third-order valence-electron chi connectivity index (χ3n) is 5.64. The molecular weight excluding hydrogens is 471 g/mol. The Morgan fingerprint density at radius 2 is 1.59 bits per heavy atom. The maximum absolute atomic E-state index is 13.0. The number of esters is 1. The van der Waals surface area contributed by atoms with E-state index >= 15 is 0 Å². The van der Waals surface area contributed by atoms with Gasteiger partial charge in [0.2, 0.25) is 11.8 Å². The highest BCUT2D eigenvalue weighted by Crippen LogP contribution is 2.52. The van der Waals surface area contributed by atoms with Gasteiger partial charge in [0.1, 0.15) is 24.1 Å². The van der Waals surface area contributed by atoms with E-state index in [-0.39, 0.29) is 36.6 Å². The molecule has 0 bridgehead atoms. The number of alkyl halides is 2. The molecule has 0 saturated carbocycles. The van der Waals surface area contributed by atoms with Crippen molar-refractivity contribution in [2.45, 2.75) is 35.2 Å². The zero-order chi connectivity index (χ0) is 22.7. The second kappa shape index (κ2) is 9.73. The first kappa shape index (κ1) is 23.0. The molecule has 2 aromatic carbocycles. The molecule has 3 atom stereocenters. The monoisotopic (exact) mass is 492 g/mol. The fraction of sp³-hybridized carbons (Fsp3) is 0.348. The van der Waals surface area contributed by atoms with Gasteiger partial charge in [0, 0.05) is 11.8 Å². The van der Waals surface area contributed by atoms with Crippen molar-refractivity contribution in [1.29, 1.82) is 0 Å². The van der Waals surface area contributed by atoms with Crippen LogP contribution in [0.15, 0.2) is 60.7 Å². The van der Waals surface area contributed by atoms with Crippen LogP contribution in [0, 0.1) is 0 Å². The minimum absolute atomic E-state index is 0.0667. The van der Waals surface area contributed by atoms with E-state index in [1.165, 1.54) is 16.7 Å². The zero-order valence-corrected chi connectivity index (χ0v) is 19.4. The number of nitrogens with zero attached hydrogens (tertiary/aromatic N) is 1. The van der Waals surface area contributed by atoms with E-state index in [2.05, 4.69) is 5.32 Å². The summed E-state index contributed by atoms with van der Waals surface area (Å²) in [5.41, 5.74) is 1.69. The second-order valence-corrected chi connectivity index (χ2v) is 9.86. The van der Waals surface area contributed by atoms with E-state index in [1.54, 1.807) is 0 Å². The van der Waals surface area contributed by atoms with E-state index < -0.39 is 28.2 Å². The van der Waals surface area contributed by atoms with E-state index in [0.29, 0.717) is 0 Å². The van der Waals surface area contributed by atoms with Crippen LogP contribution in [0.3, 0.4) is 0 Å². The van der Waals surface area contributed by atoms with Gasteiger partial charge in [-0.1, -0.05) is 60.7 Å². The number of thioether (sulfide) groups is 1. The average Bonchev–Trinajstić information content (AvgIpc) is 3.14. The van der Waals surface area contributed by atoms with Crippen molar-refractivity contribution in [3.05, 3.63) is 71.8 Å². The van der Waals surface area contributed by atoms with Crippen molar-refractivity contribution in [2.24, 2.45) is 0 Å². The summed E-state index contributed by atoms with van der Waals surface area (Å²) in [6.07, 6.45) is 0.167. The number of carbonyl (C=O) groups excluding carboxylic acids is 3. The number of benzene rings is 2. The number of ether oxygens (including phenoxy) is 1. The molecule has 2 saturated heterocycles.